The Bertz CT molecular complexity index is 383. The minimum Gasteiger partial charge on any atom is -0.299 e. The molecule has 0 heterocycles. The number of hydrogen-bond acceptors (Lipinski definition) is 2. The summed E-state index contributed by atoms with van der Waals surface area (Å²) in [6.45, 7) is 0. The van der Waals surface area contributed by atoms with Crippen molar-refractivity contribution in [3.63, 3.8) is 0 Å². The molecule has 1 aromatic rings. The van der Waals surface area contributed by atoms with Crippen LogP contribution in [0.25, 0.3) is 0 Å². The van der Waals surface area contributed by atoms with E-state index >= 15 is 0 Å². The van der Waals surface area contributed by atoms with Crippen LogP contribution < -0.4 is 0 Å². The summed E-state index contributed by atoms with van der Waals surface area (Å²) in [4.78, 5) is 12.7. The van der Waals surface area contributed by atoms with Crippen LogP contribution in [-0.2, 0) is 4.79 Å². The van der Waals surface area contributed by atoms with Gasteiger partial charge >= 0.3 is 0 Å². The van der Waals surface area contributed by atoms with Crippen LogP contribution in [0.3, 0.4) is 0 Å². The van der Waals surface area contributed by atoms with Gasteiger partial charge in [0.2, 0.25) is 0 Å². The molecule has 90 valence electrons. The Labute approximate surface area is 107 Å². The number of benzene rings is 1. The summed E-state index contributed by atoms with van der Waals surface area (Å²) in [5.74, 6) is 0.829. The van der Waals surface area contributed by atoms with Crippen LogP contribution >= 0.6 is 11.8 Å². The van der Waals surface area contributed by atoms with E-state index in [-0.39, 0.29) is 0 Å². The second-order valence-electron chi connectivity index (χ2n) is 4.44. The van der Waals surface area contributed by atoms with E-state index in [4.69, 9.17) is 0 Å². The molecule has 1 aliphatic carbocycles. The maximum absolute atomic E-state index is 11.4. The van der Waals surface area contributed by atoms with Crippen LogP contribution in [0.2, 0.25) is 0 Å². The minimum absolute atomic E-state index is 0.348. The molecule has 1 unspecified atom stereocenters. The molecule has 2 heteroatoms. The van der Waals surface area contributed by atoms with Crippen LogP contribution in [-0.4, -0.2) is 5.78 Å². The Hall–Kier alpha value is -1.02. The fourth-order valence-electron chi connectivity index (χ4n) is 2.18. The van der Waals surface area contributed by atoms with Gasteiger partial charge in [0.1, 0.15) is 5.78 Å². The third-order valence-electron chi connectivity index (χ3n) is 3.16. The molecule has 0 aliphatic heterocycles. The van der Waals surface area contributed by atoms with Crippen LogP contribution in [0.5, 0.6) is 0 Å². The highest BCUT2D eigenvalue weighted by atomic mass is 32.2. The molecular formula is C15H18OS. The predicted octanol–water partition coefficient (Wildman–Crippen LogP) is 4.44. The summed E-state index contributed by atoms with van der Waals surface area (Å²) in [5, 5.41) is 2.13. The zero-order chi connectivity index (χ0) is 11.9. The number of rotatable bonds is 5. The lowest BCUT2D eigenvalue weighted by atomic mass is 10.0. The van der Waals surface area contributed by atoms with Crippen molar-refractivity contribution >= 4 is 17.5 Å². The maximum Gasteiger partial charge on any atom is 0.135 e. The Morgan fingerprint density at radius 1 is 1.29 bits per heavy atom. The van der Waals surface area contributed by atoms with E-state index in [1.54, 1.807) is 11.8 Å². The smallest absolute Gasteiger partial charge is 0.135 e. The molecule has 2 rings (SSSR count). The number of Topliss-reactive ketones (excluding diaryl/α,β-unsaturated/α-hetero) is 1. The molecular weight excluding hydrogens is 228 g/mol. The molecule has 1 fully saturated rings. The highest BCUT2D eigenvalue weighted by molar-refractivity contribution is 8.02. The van der Waals surface area contributed by atoms with E-state index < -0.39 is 0 Å². The largest absolute Gasteiger partial charge is 0.299 e. The topological polar surface area (TPSA) is 17.1 Å². The summed E-state index contributed by atoms with van der Waals surface area (Å²) in [6.07, 6.45) is 7.27. The lowest BCUT2D eigenvalue weighted by Gasteiger charge is -2.03. The van der Waals surface area contributed by atoms with Crippen LogP contribution in [0.15, 0.2) is 46.7 Å². The van der Waals surface area contributed by atoms with Gasteiger partial charge in [-0.3, -0.25) is 4.79 Å². The molecule has 1 aromatic carbocycles. The number of ketones is 1. The SMILES string of the molecule is O=C1CCCC1CC/C=C/Sc1ccccc1. The molecule has 0 N–H and O–H groups in total. The van der Waals surface area contributed by atoms with Gasteiger partial charge in [0.15, 0.2) is 0 Å². The Balaban J connectivity index is 1.67. The van der Waals surface area contributed by atoms with Crippen molar-refractivity contribution in [2.24, 2.45) is 5.92 Å². The van der Waals surface area contributed by atoms with Gasteiger partial charge in [-0.15, -0.1) is 0 Å². The molecule has 0 spiro atoms. The lowest BCUT2D eigenvalue weighted by molar-refractivity contribution is -0.120. The standard InChI is InChI=1S/C15H18OS/c16-15-11-6-8-13(15)7-4-5-12-17-14-9-2-1-3-10-14/h1-3,5,9-10,12-13H,4,6-8,11H2/b12-5+. The van der Waals surface area contributed by atoms with Crippen molar-refractivity contribution < 1.29 is 4.79 Å². The van der Waals surface area contributed by atoms with Crippen molar-refractivity contribution in [3.05, 3.63) is 41.8 Å². The lowest BCUT2D eigenvalue weighted by Crippen LogP contribution is -2.04. The van der Waals surface area contributed by atoms with Crippen LogP contribution in [0.1, 0.15) is 32.1 Å². The van der Waals surface area contributed by atoms with Gasteiger partial charge in [-0.1, -0.05) is 36.0 Å². The quantitative estimate of drug-likeness (QED) is 0.714. The Morgan fingerprint density at radius 3 is 2.82 bits per heavy atom. The Kier molecular flexibility index (Phi) is 4.87. The summed E-state index contributed by atoms with van der Waals surface area (Å²) in [7, 11) is 0. The summed E-state index contributed by atoms with van der Waals surface area (Å²) < 4.78 is 0. The van der Waals surface area contributed by atoms with E-state index in [9.17, 15) is 4.79 Å². The van der Waals surface area contributed by atoms with Gasteiger partial charge in [-0.05, 0) is 43.2 Å². The van der Waals surface area contributed by atoms with Gasteiger partial charge in [-0.25, -0.2) is 0 Å². The first kappa shape index (κ1) is 12.4. The second kappa shape index (κ2) is 6.65. The average Bonchev–Trinajstić information content (AvgIpc) is 2.76. The summed E-state index contributed by atoms with van der Waals surface area (Å²) in [6, 6.07) is 10.3. The fraction of sp³-hybridized carbons (Fsp3) is 0.400. The monoisotopic (exact) mass is 246 g/mol. The predicted molar refractivity (Wildman–Crippen MR) is 73.0 cm³/mol. The number of carbonyl (C=O) groups is 1. The number of allylic oxidation sites excluding steroid dienone is 1. The third kappa shape index (κ3) is 4.04. The fourth-order valence-corrected chi connectivity index (χ4v) is 2.89. The van der Waals surface area contributed by atoms with E-state index in [1.807, 2.05) is 18.2 Å². The van der Waals surface area contributed by atoms with Crippen molar-refractivity contribution in [2.45, 2.75) is 37.0 Å². The Morgan fingerprint density at radius 2 is 2.12 bits per heavy atom. The molecule has 17 heavy (non-hydrogen) atoms. The van der Waals surface area contributed by atoms with Gasteiger partial charge in [0.05, 0.1) is 0 Å². The molecule has 0 saturated heterocycles. The maximum atomic E-state index is 11.4. The van der Waals surface area contributed by atoms with Crippen LogP contribution in [0.4, 0.5) is 0 Å². The second-order valence-corrected chi connectivity index (χ2v) is 5.41. The number of hydrogen-bond donors (Lipinski definition) is 0. The molecule has 1 saturated carbocycles. The molecule has 1 atom stereocenters. The molecule has 0 radical (unpaired) electrons. The van der Waals surface area contributed by atoms with Gasteiger partial charge in [-0.2, -0.15) is 0 Å². The van der Waals surface area contributed by atoms with E-state index in [0.29, 0.717) is 11.7 Å². The van der Waals surface area contributed by atoms with E-state index in [2.05, 4.69) is 23.6 Å². The van der Waals surface area contributed by atoms with Crippen molar-refractivity contribution in [3.8, 4) is 0 Å². The molecule has 0 amide bonds. The third-order valence-corrected chi connectivity index (χ3v) is 4.03. The summed E-state index contributed by atoms with van der Waals surface area (Å²) >= 11 is 1.74. The van der Waals surface area contributed by atoms with E-state index in [0.717, 1.165) is 32.1 Å². The van der Waals surface area contributed by atoms with Gasteiger partial charge in [0.25, 0.3) is 0 Å². The van der Waals surface area contributed by atoms with Crippen molar-refractivity contribution in [1.29, 1.82) is 0 Å². The zero-order valence-corrected chi connectivity index (χ0v) is 10.8. The normalized spacial score (nSPS) is 20.2. The molecule has 0 bridgehead atoms. The van der Waals surface area contributed by atoms with Crippen molar-refractivity contribution in [2.75, 3.05) is 0 Å². The number of carbonyl (C=O) groups excluding carboxylic acids is 1. The molecule has 1 nitrogen and oxygen atoms in total. The zero-order valence-electron chi connectivity index (χ0n) is 9.97. The first-order valence-electron chi connectivity index (χ1n) is 6.25. The number of thioether (sulfide) groups is 1. The van der Waals surface area contributed by atoms with Gasteiger partial charge in [0, 0.05) is 17.2 Å². The van der Waals surface area contributed by atoms with E-state index in [1.165, 1.54) is 4.90 Å². The highest BCUT2D eigenvalue weighted by Gasteiger charge is 2.22. The first-order chi connectivity index (χ1) is 8.36. The first-order valence-corrected chi connectivity index (χ1v) is 7.13. The summed E-state index contributed by atoms with van der Waals surface area (Å²) in [5.41, 5.74) is 0. The van der Waals surface area contributed by atoms with Crippen molar-refractivity contribution in [1.82, 2.24) is 0 Å². The average molecular weight is 246 g/mol. The molecule has 1 aliphatic rings. The molecule has 0 aromatic heterocycles. The van der Waals surface area contributed by atoms with Crippen LogP contribution in [0, 0.1) is 5.92 Å². The van der Waals surface area contributed by atoms with Gasteiger partial charge < -0.3 is 0 Å². The highest BCUT2D eigenvalue weighted by Crippen LogP contribution is 2.26. The minimum atomic E-state index is 0.348.